The minimum Gasteiger partial charge on any atom is -0.356 e. The number of carbonyl (C=O) groups excluding carboxylic acids is 1. The third kappa shape index (κ3) is 3.35. The Bertz CT molecular complexity index is 1160. The Morgan fingerprint density at radius 3 is 2.78 bits per heavy atom. The summed E-state index contributed by atoms with van der Waals surface area (Å²) in [6, 6.07) is 11.9. The van der Waals surface area contributed by atoms with Gasteiger partial charge in [0.05, 0.1) is 5.52 Å². The van der Waals surface area contributed by atoms with Crippen molar-refractivity contribution in [2.45, 2.75) is 19.3 Å². The molecule has 0 aliphatic heterocycles. The van der Waals surface area contributed by atoms with Crippen molar-refractivity contribution >= 4 is 33.2 Å². The first-order valence-corrected chi connectivity index (χ1v) is 9.64. The molecule has 0 bridgehead atoms. The van der Waals surface area contributed by atoms with Crippen molar-refractivity contribution < 1.29 is 4.79 Å². The number of aryl methyl sites for hydroxylation is 2. The monoisotopic (exact) mass is 381 g/mol. The summed E-state index contributed by atoms with van der Waals surface area (Å²) in [5, 5.41) is 13.2. The molecule has 0 atom stereocenters. The van der Waals surface area contributed by atoms with E-state index in [9.17, 15) is 9.59 Å². The van der Waals surface area contributed by atoms with Crippen LogP contribution in [-0.2, 0) is 24.7 Å². The molecule has 1 aromatic carbocycles. The fraction of sp³-hybridized carbons (Fsp3) is 0.263. The number of rotatable bonds is 6. The Kier molecular flexibility index (Phi) is 4.72. The van der Waals surface area contributed by atoms with Gasteiger partial charge < -0.3 is 5.32 Å². The highest BCUT2D eigenvalue weighted by Crippen LogP contribution is 2.19. The highest BCUT2D eigenvalue weighted by molar-refractivity contribution is 7.17. The Labute approximate surface area is 159 Å². The van der Waals surface area contributed by atoms with Crippen LogP contribution in [0.4, 0.5) is 0 Å². The maximum atomic E-state index is 12.3. The number of aromatic nitrogens is 4. The van der Waals surface area contributed by atoms with Crippen LogP contribution in [0.3, 0.4) is 0 Å². The molecule has 1 N–H and O–H groups in total. The molecular weight excluding hydrogens is 362 g/mol. The average molecular weight is 381 g/mol. The summed E-state index contributed by atoms with van der Waals surface area (Å²) in [6.07, 6.45) is 1.59. The molecule has 138 valence electrons. The summed E-state index contributed by atoms with van der Waals surface area (Å²) in [5.41, 5.74) is 1.91. The standard InChI is InChI=1S/C19H19N5O2S/c1-23-18(26)17-14(10-12-27-17)24-15(21-22-19(23)24)7-8-16(25)20-11-9-13-5-3-2-4-6-13/h2-6,10,12H,7-9,11H2,1H3,(H,20,25). The highest BCUT2D eigenvalue weighted by Gasteiger charge is 2.16. The number of hydrogen-bond donors (Lipinski definition) is 1. The minimum absolute atomic E-state index is 0.0194. The second-order valence-electron chi connectivity index (χ2n) is 6.34. The van der Waals surface area contributed by atoms with Gasteiger partial charge >= 0.3 is 0 Å². The summed E-state index contributed by atoms with van der Waals surface area (Å²) in [7, 11) is 1.69. The molecule has 0 fully saturated rings. The number of nitrogens with zero attached hydrogens (tertiary/aromatic N) is 4. The van der Waals surface area contributed by atoms with Crippen molar-refractivity contribution in [3.63, 3.8) is 0 Å². The molecule has 0 radical (unpaired) electrons. The van der Waals surface area contributed by atoms with E-state index in [1.165, 1.54) is 21.5 Å². The number of thiophene rings is 1. The Balaban J connectivity index is 1.45. The van der Waals surface area contributed by atoms with Crippen LogP contribution >= 0.6 is 11.3 Å². The molecule has 0 unspecified atom stereocenters. The van der Waals surface area contributed by atoms with Crippen LogP contribution in [0.25, 0.3) is 16.0 Å². The lowest BCUT2D eigenvalue weighted by atomic mass is 10.1. The zero-order valence-corrected chi connectivity index (χ0v) is 15.7. The molecule has 1 amide bonds. The fourth-order valence-corrected chi connectivity index (χ4v) is 3.97. The third-order valence-electron chi connectivity index (χ3n) is 4.55. The first-order chi connectivity index (χ1) is 13.1. The van der Waals surface area contributed by atoms with E-state index < -0.39 is 0 Å². The summed E-state index contributed by atoms with van der Waals surface area (Å²) in [4.78, 5) is 24.5. The highest BCUT2D eigenvalue weighted by atomic mass is 32.1. The summed E-state index contributed by atoms with van der Waals surface area (Å²) in [6.45, 7) is 0.604. The molecule has 8 heteroatoms. The maximum Gasteiger partial charge on any atom is 0.272 e. The average Bonchev–Trinajstić information content (AvgIpc) is 3.32. The first kappa shape index (κ1) is 17.4. The Morgan fingerprint density at radius 1 is 1.15 bits per heavy atom. The van der Waals surface area contributed by atoms with E-state index in [2.05, 4.69) is 15.5 Å². The Morgan fingerprint density at radius 2 is 1.96 bits per heavy atom. The van der Waals surface area contributed by atoms with E-state index in [-0.39, 0.29) is 11.5 Å². The normalized spacial score (nSPS) is 11.3. The molecule has 0 saturated heterocycles. The van der Waals surface area contributed by atoms with Crippen LogP contribution < -0.4 is 10.9 Å². The summed E-state index contributed by atoms with van der Waals surface area (Å²) < 4.78 is 4.03. The van der Waals surface area contributed by atoms with Gasteiger partial charge in [-0.2, -0.15) is 0 Å². The topological polar surface area (TPSA) is 81.3 Å². The van der Waals surface area contributed by atoms with Gasteiger partial charge in [-0.05, 0) is 23.4 Å². The van der Waals surface area contributed by atoms with Crippen LogP contribution in [0, 0.1) is 0 Å². The van der Waals surface area contributed by atoms with Gasteiger partial charge in [0.15, 0.2) is 0 Å². The third-order valence-corrected chi connectivity index (χ3v) is 5.44. The van der Waals surface area contributed by atoms with Crippen molar-refractivity contribution in [2.24, 2.45) is 7.05 Å². The zero-order chi connectivity index (χ0) is 18.8. The van der Waals surface area contributed by atoms with Crippen molar-refractivity contribution in [2.75, 3.05) is 6.54 Å². The summed E-state index contributed by atoms with van der Waals surface area (Å²) in [5.74, 6) is 1.15. The van der Waals surface area contributed by atoms with Crippen molar-refractivity contribution in [1.82, 2.24) is 24.5 Å². The lowest BCUT2D eigenvalue weighted by Crippen LogP contribution is -2.26. The van der Waals surface area contributed by atoms with Crippen LogP contribution in [0.2, 0.25) is 0 Å². The predicted octanol–water partition coefficient (Wildman–Crippen LogP) is 1.93. The number of amides is 1. The predicted molar refractivity (Wildman–Crippen MR) is 105 cm³/mol. The van der Waals surface area contributed by atoms with E-state index >= 15 is 0 Å². The van der Waals surface area contributed by atoms with Gasteiger partial charge in [-0.15, -0.1) is 21.5 Å². The van der Waals surface area contributed by atoms with Crippen molar-refractivity contribution in [1.29, 1.82) is 0 Å². The molecule has 4 aromatic rings. The summed E-state index contributed by atoms with van der Waals surface area (Å²) >= 11 is 1.40. The molecule has 3 aromatic heterocycles. The fourth-order valence-electron chi connectivity index (χ4n) is 3.12. The van der Waals surface area contributed by atoms with Gasteiger partial charge in [0.1, 0.15) is 10.5 Å². The van der Waals surface area contributed by atoms with Gasteiger partial charge in [-0.3, -0.25) is 18.6 Å². The van der Waals surface area contributed by atoms with Crippen molar-refractivity contribution in [3.8, 4) is 0 Å². The molecule has 0 spiro atoms. The van der Waals surface area contributed by atoms with Gasteiger partial charge in [0.25, 0.3) is 5.56 Å². The lowest BCUT2D eigenvalue weighted by Gasteiger charge is -2.06. The van der Waals surface area contributed by atoms with E-state index in [0.717, 1.165) is 11.9 Å². The van der Waals surface area contributed by atoms with E-state index in [0.29, 0.717) is 35.7 Å². The number of fused-ring (bicyclic) bond motifs is 3. The van der Waals surface area contributed by atoms with E-state index in [1.807, 2.05) is 46.2 Å². The molecular formula is C19H19N5O2S. The Hall–Kier alpha value is -3.00. The van der Waals surface area contributed by atoms with Crippen LogP contribution in [0.1, 0.15) is 17.8 Å². The number of carbonyl (C=O) groups is 1. The number of benzene rings is 1. The van der Waals surface area contributed by atoms with Gasteiger partial charge in [-0.25, -0.2) is 0 Å². The largest absolute Gasteiger partial charge is 0.356 e. The minimum atomic E-state index is -0.0786. The molecule has 4 rings (SSSR count). The molecule has 3 heterocycles. The molecule has 0 saturated carbocycles. The van der Waals surface area contributed by atoms with E-state index in [4.69, 9.17) is 0 Å². The van der Waals surface area contributed by atoms with Crippen LogP contribution in [-0.4, -0.2) is 31.6 Å². The maximum absolute atomic E-state index is 12.3. The second kappa shape index (κ2) is 7.32. The van der Waals surface area contributed by atoms with Crippen LogP contribution in [0.5, 0.6) is 0 Å². The quantitative estimate of drug-likeness (QED) is 0.553. The first-order valence-electron chi connectivity index (χ1n) is 8.76. The van der Waals surface area contributed by atoms with Gasteiger partial charge in [-0.1, -0.05) is 30.3 Å². The smallest absolute Gasteiger partial charge is 0.272 e. The number of nitrogens with one attached hydrogen (secondary N) is 1. The molecule has 0 aliphatic rings. The number of hydrogen-bond acceptors (Lipinski definition) is 5. The SMILES string of the molecule is Cn1c(=O)c2sccc2n2c(CCC(=O)NCCc3ccccc3)nnc12. The molecule has 0 aliphatic carbocycles. The molecule has 27 heavy (non-hydrogen) atoms. The lowest BCUT2D eigenvalue weighted by molar-refractivity contribution is -0.121. The zero-order valence-electron chi connectivity index (χ0n) is 14.9. The van der Waals surface area contributed by atoms with Gasteiger partial charge in [0, 0.05) is 26.4 Å². The van der Waals surface area contributed by atoms with Crippen LogP contribution in [0.15, 0.2) is 46.6 Å². The second-order valence-corrected chi connectivity index (χ2v) is 7.25. The van der Waals surface area contributed by atoms with Gasteiger partial charge in [0.2, 0.25) is 11.7 Å². The van der Waals surface area contributed by atoms with E-state index in [1.54, 1.807) is 7.05 Å². The molecule has 7 nitrogen and oxygen atoms in total. The van der Waals surface area contributed by atoms with Crippen molar-refractivity contribution in [3.05, 3.63) is 63.5 Å².